The van der Waals surface area contributed by atoms with Crippen molar-refractivity contribution in [2.45, 2.75) is 84.6 Å². The molecule has 0 amide bonds. The zero-order valence-corrected chi connectivity index (χ0v) is 24.5. The van der Waals surface area contributed by atoms with Gasteiger partial charge in [0, 0.05) is 26.4 Å². The first-order valence-corrected chi connectivity index (χ1v) is 20.8. The molecule has 0 aromatic carbocycles. The van der Waals surface area contributed by atoms with Crippen LogP contribution in [0, 0.1) is 19.6 Å². The molecule has 0 bridgehead atoms. The summed E-state index contributed by atoms with van der Waals surface area (Å²) in [5.74, 6) is 0. The summed E-state index contributed by atoms with van der Waals surface area (Å²) in [6.45, 7) is 35.7. The van der Waals surface area contributed by atoms with E-state index in [0.29, 0.717) is 0 Å². The summed E-state index contributed by atoms with van der Waals surface area (Å²) in [4.78, 5) is 0. The molecule has 26 heavy (non-hydrogen) atoms. The van der Waals surface area contributed by atoms with Crippen molar-refractivity contribution in [3.05, 3.63) is 19.6 Å². The predicted molar refractivity (Wildman–Crippen MR) is 126 cm³/mol. The van der Waals surface area contributed by atoms with Crippen molar-refractivity contribution >= 4 is 24.2 Å². The monoisotopic (exact) mass is 450 g/mol. The fourth-order valence-electron chi connectivity index (χ4n) is 1.02. The summed E-state index contributed by atoms with van der Waals surface area (Å²) in [6.07, 6.45) is 5.11. The average Bonchev–Trinajstić information content (AvgIpc) is 3.02. The first-order chi connectivity index (χ1) is 11.0. The van der Waals surface area contributed by atoms with Gasteiger partial charge in [0.1, 0.15) is 0 Å². The Labute approximate surface area is 189 Å². The van der Waals surface area contributed by atoms with E-state index in [9.17, 15) is 0 Å². The van der Waals surface area contributed by atoms with Gasteiger partial charge in [-0.3, -0.25) is 0 Å². The second-order valence-electron chi connectivity index (χ2n) is 10.3. The summed E-state index contributed by atoms with van der Waals surface area (Å²) in [7, 11) is -2.58. The largest absolute Gasteiger partial charge is 3.00 e. The minimum absolute atomic E-state index is 0. The maximum Gasteiger partial charge on any atom is 3.00 e. The molecule has 0 aromatic rings. The van der Waals surface area contributed by atoms with Gasteiger partial charge in [-0.15, -0.1) is 24.2 Å². The Balaban J connectivity index is -0.000000115. The van der Waals surface area contributed by atoms with Gasteiger partial charge in [0.2, 0.25) is 0 Å². The van der Waals surface area contributed by atoms with Crippen molar-refractivity contribution in [2.24, 2.45) is 0 Å². The molecule has 0 aromatic heterocycles. The molecule has 0 saturated carbocycles. The Hall–Kier alpha value is 1.44. The van der Waals surface area contributed by atoms with E-state index in [0.717, 1.165) is 26.4 Å². The minimum Gasteiger partial charge on any atom is -0.381 e. The fourth-order valence-corrected chi connectivity index (χ4v) is 1.02. The van der Waals surface area contributed by atoms with Gasteiger partial charge in [0.05, 0.1) is 0 Å². The van der Waals surface area contributed by atoms with Gasteiger partial charge < -0.3 is 29.1 Å². The summed E-state index contributed by atoms with van der Waals surface area (Å²) >= 11 is 0. The molecule has 2 aliphatic heterocycles. The van der Waals surface area contributed by atoms with Crippen LogP contribution >= 0.6 is 0 Å². The van der Waals surface area contributed by atoms with E-state index in [2.05, 4.69) is 78.6 Å². The molecular weight excluding hydrogens is 401 g/mol. The van der Waals surface area contributed by atoms with Gasteiger partial charge >= 0.3 is 25.8 Å². The molecule has 0 unspecified atom stereocenters. The third kappa shape index (κ3) is 116. The standard InChI is InChI=1S/2C4H8O.3C4H11Si.Sc/c2*1-2-4-5-3-1;3*1-5(2,3)4;/h2*1-4H2;3*1H2,2-4H3;/q;;3*-1;+3. The number of hydrogen-bond donors (Lipinski definition) is 0. The number of ether oxygens (including phenoxy) is 2. The zero-order chi connectivity index (χ0) is 20.6. The third-order valence-electron chi connectivity index (χ3n) is 1.65. The molecule has 6 heteroatoms. The van der Waals surface area contributed by atoms with Crippen LogP contribution in [0.2, 0.25) is 58.9 Å². The van der Waals surface area contributed by atoms with E-state index >= 15 is 0 Å². The quantitative estimate of drug-likeness (QED) is 0.302. The summed E-state index contributed by atoms with van der Waals surface area (Å²) in [6, 6.07) is 0. The molecule has 2 nitrogen and oxygen atoms in total. The summed E-state index contributed by atoms with van der Waals surface area (Å²) in [5, 5.41) is 0. The van der Waals surface area contributed by atoms with Gasteiger partial charge in [-0.05, 0) is 25.7 Å². The normalized spacial score (nSPS) is 16.2. The molecule has 156 valence electrons. The van der Waals surface area contributed by atoms with Gasteiger partial charge in [0.25, 0.3) is 0 Å². The average molecular weight is 451 g/mol. The Kier molecular flexibility index (Phi) is 26.5. The number of hydrogen-bond acceptors (Lipinski definition) is 2. The Bertz CT molecular complexity index is 190. The minimum atomic E-state index is -0.861. The predicted octanol–water partition coefficient (Wildman–Crippen LogP) is 6.68. The van der Waals surface area contributed by atoms with Crippen LogP contribution in [0.4, 0.5) is 0 Å². The maximum atomic E-state index is 4.94. The van der Waals surface area contributed by atoms with Gasteiger partial charge in [-0.1, -0.05) is 58.9 Å². The van der Waals surface area contributed by atoms with E-state index < -0.39 is 24.2 Å². The van der Waals surface area contributed by atoms with E-state index in [4.69, 9.17) is 9.47 Å². The molecule has 2 saturated heterocycles. The topological polar surface area (TPSA) is 18.5 Å². The molecule has 0 radical (unpaired) electrons. The van der Waals surface area contributed by atoms with Gasteiger partial charge in [0.15, 0.2) is 0 Å². The second kappa shape index (κ2) is 19.7. The van der Waals surface area contributed by atoms with Crippen LogP contribution in [0.5, 0.6) is 0 Å². The van der Waals surface area contributed by atoms with E-state index in [-0.39, 0.29) is 25.8 Å². The molecule has 2 rings (SSSR count). The molecule has 0 spiro atoms. The van der Waals surface area contributed by atoms with Crippen molar-refractivity contribution in [3.8, 4) is 0 Å². The van der Waals surface area contributed by atoms with Crippen molar-refractivity contribution < 1.29 is 35.3 Å². The van der Waals surface area contributed by atoms with E-state index in [1.165, 1.54) is 25.7 Å². The Morgan fingerprint density at radius 2 is 0.577 bits per heavy atom. The van der Waals surface area contributed by atoms with Crippen molar-refractivity contribution in [3.63, 3.8) is 0 Å². The molecule has 0 atom stereocenters. The Morgan fingerprint density at radius 3 is 0.615 bits per heavy atom. The van der Waals surface area contributed by atoms with Crippen LogP contribution in [0.25, 0.3) is 0 Å². The number of rotatable bonds is 0. The molecule has 2 fully saturated rings. The molecule has 2 heterocycles. The Morgan fingerprint density at radius 1 is 0.462 bits per heavy atom. The first-order valence-electron chi connectivity index (χ1n) is 9.72. The van der Waals surface area contributed by atoms with Crippen LogP contribution in [0.3, 0.4) is 0 Å². The van der Waals surface area contributed by atoms with Crippen LogP contribution in [0.15, 0.2) is 0 Å². The van der Waals surface area contributed by atoms with Crippen LogP contribution in [-0.2, 0) is 35.3 Å². The first kappa shape index (κ1) is 34.9. The summed E-state index contributed by atoms with van der Waals surface area (Å²) in [5.41, 5.74) is 0. The van der Waals surface area contributed by atoms with Crippen molar-refractivity contribution in [1.29, 1.82) is 0 Å². The van der Waals surface area contributed by atoms with Crippen LogP contribution in [-0.4, -0.2) is 50.6 Å². The molecular formula is C20H49O2ScSi3. The molecule has 0 N–H and O–H groups in total. The van der Waals surface area contributed by atoms with Gasteiger partial charge in [-0.25, -0.2) is 0 Å². The molecule has 2 aliphatic rings. The SMILES string of the molecule is C1CCOC1.C1CCOC1.[CH2-][Si](C)(C)C.[CH2-][Si](C)(C)C.[CH2-][Si](C)(C)C.[Sc+3]. The van der Waals surface area contributed by atoms with Crippen LogP contribution in [0.1, 0.15) is 25.7 Å². The zero-order valence-electron chi connectivity index (χ0n) is 19.7. The summed E-state index contributed by atoms with van der Waals surface area (Å²) < 4.78 is 9.89. The fraction of sp³-hybridized carbons (Fsp3) is 0.850. The van der Waals surface area contributed by atoms with E-state index in [1.54, 1.807) is 0 Å². The maximum absolute atomic E-state index is 4.94. The smallest absolute Gasteiger partial charge is 0.381 e. The third-order valence-corrected chi connectivity index (χ3v) is 1.65. The van der Waals surface area contributed by atoms with E-state index in [1.807, 2.05) is 0 Å². The molecule has 0 aliphatic carbocycles. The van der Waals surface area contributed by atoms with Crippen molar-refractivity contribution in [1.82, 2.24) is 0 Å². The van der Waals surface area contributed by atoms with Crippen LogP contribution < -0.4 is 0 Å². The van der Waals surface area contributed by atoms with Crippen molar-refractivity contribution in [2.75, 3.05) is 26.4 Å². The van der Waals surface area contributed by atoms with Gasteiger partial charge in [-0.2, -0.15) is 0 Å². The second-order valence-corrected chi connectivity index (χ2v) is 25.7.